The maximum Gasteiger partial charge on any atom is 0.275 e. The molecule has 10 heteroatoms. The largest absolute Gasteiger partial charge is 0.469 e. The average molecular weight is 413 g/mol. The van der Waals surface area contributed by atoms with E-state index < -0.39 is 11.7 Å². The highest BCUT2D eigenvalue weighted by atomic mass is 32.1. The minimum absolute atomic E-state index is 0.00488. The zero-order chi connectivity index (χ0) is 20.5. The third-order valence-corrected chi connectivity index (χ3v) is 5.05. The number of nitrogens with one attached hydrogen (secondary N) is 2. The molecule has 0 aliphatic heterocycles. The molecule has 29 heavy (non-hydrogen) atoms. The number of carbonyl (C=O) groups is 1. The van der Waals surface area contributed by atoms with E-state index in [4.69, 9.17) is 4.42 Å². The summed E-state index contributed by atoms with van der Waals surface area (Å²) in [5.74, 6) is -0.619. The number of fused-ring (bicyclic) bond motifs is 1. The van der Waals surface area contributed by atoms with E-state index in [-0.39, 0.29) is 11.2 Å². The standard InChI is InChI=1S/C19H16FN5O3S/c1-3-11-9-16(26)25-19(22-11)29-18(24-25)21-12-4-5-14(20)15(8-12)23-17(27)13-6-7-28-10(13)2/h4-9H,3H2,1-2H3,(H,21,24)(H,23,27). The van der Waals surface area contributed by atoms with Gasteiger partial charge in [-0.05, 0) is 37.6 Å². The Labute approximate surface area is 168 Å². The molecule has 1 aromatic carbocycles. The first-order valence-electron chi connectivity index (χ1n) is 8.76. The van der Waals surface area contributed by atoms with Gasteiger partial charge in [-0.1, -0.05) is 18.3 Å². The molecular weight excluding hydrogens is 397 g/mol. The smallest absolute Gasteiger partial charge is 0.275 e. The van der Waals surface area contributed by atoms with Crippen LogP contribution in [0.3, 0.4) is 0 Å². The van der Waals surface area contributed by atoms with Crippen LogP contribution in [0.2, 0.25) is 0 Å². The second-order valence-corrected chi connectivity index (χ2v) is 7.16. The van der Waals surface area contributed by atoms with Crippen LogP contribution in [0.1, 0.15) is 28.7 Å². The van der Waals surface area contributed by atoms with E-state index in [1.165, 1.54) is 52.4 Å². The number of amides is 1. The van der Waals surface area contributed by atoms with Crippen molar-refractivity contribution < 1.29 is 13.6 Å². The first kappa shape index (κ1) is 18.8. The third kappa shape index (κ3) is 3.74. The second kappa shape index (κ2) is 7.47. The Balaban J connectivity index is 1.60. The fourth-order valence-electron chi connectivity index (χ4n) is 2.72. The lowest BCUT2D eigenvalue weighted by atomic mass is 10.2. The van der Waals surface area contributed by atoms with Crippen molar-refractivity contribution in [2.45, 2.75) is 20.3 Å². The van der Waals surface area contributed by atoms with Crippen LogP contribution in [-0.2, 0) is 6.42 Å². The molecule has 148 valence electrons. The van der Waals surface area contributed by atoms with Gasteiger partial charge in [-0.25, -0.2) is 9.37 Å². The molecule has 0 aliphatic rings. The van der Waals surface area contributed by atoms with Gasteiger partial charge in [-0.15, -0.1) is 5.10 Å². The Morgan fingerprint density at radius 2 is 2.14 bits per heavy atom. The first-order valence-corrected chi connectivity index (χ1v) is 9.58. The maximum atomic E-state index is 14.2. The summed E-state index contributed by atoms with van der Waals surface area (Å²) in [5, 5.41) is 10.2. The highest BCUT2D eigenvalue weighted by molar-refractivity contribution is 7.20. The number of anilines is 3. The van der Waals surface area contributed by atoms with Gasteiger partial charge < -0.3 is 15.1 Å². The zero-order valence-corrected chi connectivity index (χ0v) is 16.3. The van der Waals surface area contributed by atoms with Crippen molar-refractivity contribution in [2.24, 2.45) is 0 Å². The van der Waals surface area contributed by atoms with Crippen molar-refractivity contribution in [3.63, 3.8) is 0 Å². The molecule has 0 unspecified atom stereocenters. The van der Waals surface area contributed by atoms with Crippen molar-refractivity contribution in [1.82, 2.24) is 14.6 Å². The Morgan fingerprint density at radius 3 is 2.86 bits per heavy atom. The van der Waals surface area contributed by atoms with Crippen LogP contribution < -0.4 is 16.2 Å². The normalized spacial score (nSPS) is 11.0. The molecule has 1 amide bonds. The molecule has 0 saturated carbocycles. The van der Waals surface area contributed by atoms with Crippen LogP contribution >= 0.6 is 11.3 Å². The molecule has 3 heterocycles. The van der Waals surface area contributed by atoms with Crippen molar-refractivity contribution >= 4 is 38.7 Å². The molecular formula is C19H16FN5O3S. The van der Waals surface area contributed by atoms with Gasteiger partial charge in [0.25, 0.3) is 11.5 Å². The number of rotatable bonds is 5. The van der Waals surface area contributed by atoms with Gasteiger partial charge in [0, 0.05) is 17.4 Å². The van der Waals surface area contributed by atoms with E-state index in [1.54, 1.807) is 6.92 Å². The lowest BCUT2D eigenvalue weighted by Gasteiger charge is -2.09. The molecule has 0 radical (unpaired) electrons. The van der Waals surface area contributed by atoms with Gasteiger partial charge in [0.2, 0.25) is 10.1 Å². The van der Waals surface area contributed by atoms with Crippen LogP contribution in [0.25, 0.3) is 4.96 Å². The van der Waals surface area contributed by atoms with Gasteiger partial charge >= 0.3 is 0 Å². The average Bonchev–Trinajstić information content (AvgIpc) is 3.30. The molecule has 0 aliphatic carbocycles. The number of hydrogen-bond acceptors (Lipinski definition) is 7. The number of furan rings is 1. The lowest BCUT2D eigenvalue weighted by molar-refractivity contribution is 0.102. The van der Waals surface area contributed by atoms with Gasteiger partial charge in [0.15, 0.2) is 0 Å². The Hall–Kier alpha value is -3.53. The molecule has 3 aromatic heterocycles. The number of halogens is 1. The van der Waals surface area contributed by atoms with E-state index >= 15 is 0 Å². The van der Waals surface area contributed by atoms with Crippen molar-refractivity contribution in [2.75, 3.05) is 10.6 Å². The van der Waals surface area contributed by atoms with E-state index in [2.05, 4.69) is 20.7 Å². The maximum absolute atomic E-state index is 14.2. The number of carbonyl (C=O) groups excluding carboxylic acids is 1. The summed E-state index contributed by atoms with van der Waals surface area (Å²) in [6.07, 6.45) is 2.04. The summed E-state index contributed by atoms with van der Waals surface area (Å²) in [7, 11) is 0. The van der Waals surface area contributed by atoms with Crippen LogP contribution in [0, 0.1) is 12.7 Å². The third-order valence-electron chi connectivity index (χ3n) is 4.23. The quantitative estimate of drug-likeness (QED) is 0.517. The van der Waals surface area contributed by atoms with E-state index in [1.807, 2.05) is 6.92 Å². The van der Waals surface area contributed by atoms with Gasteiger partial charge in [0.05, 0.1) is 17.5 Å². The number of hydrogen-bond donors (Lipinski definition) is 2. The SMILES string of the molecule is CCc1cc(=O)n2nc(Nc3ccc(F)c(NC(=O)c4ccoc4C)c3)sc2n1. The minimum atomic E-state index is -0.583. The molecule has 0 fully saturated rings. The van der Waals surface area contributed by atoms with E-state index in [0.717, 1.165) is 0 Å². The lowest BCUT2D eigenvalue weighted by Crippen LogP contribution is -2.15. The molecule has 2 N–H and O–H groups in total. The Kier molecular flexibility index (Phi) is 4.85. The van der Waals surface area contributed by atoms with Crippen LogP contribution in [0.4, 0.5) is 20.9 Å². The molecule has 4 rings (SSSR count). The van der Waals surface area contributed by atoms with Crippen LogP contribution in [0.5, 0.6) is 0 Å². The first-order chi connectivity index (χ1) is 13.9. The number of aromatic nitrogens is 3. The Morgan fingerprint density at radius 1 is 1.31 bits per heavy atom. The molecule has 0 atom stereocenters. The molecule has 8 nitrogen and oxygen atoms in total. The fraction of sp³-hybridized carbons (Fsp3) is 0.158. The highest BCUT2D eigenvalue weighted by Crippen LogP contribution is 2.26. The fourth-order valence-corrected chi connectivity index (χ4v) is 3.56. The number of aryl methyl sites for hydroxylation is 2. The molecule has 0 saturated heterocycles. The van der Waals surface area contributed by atoms with Crippen LogP contribution in [-0.4, -0.2) is 20.5 Å². The monoisotopic (exact) mass is 413 g/mol. The van der Waals surface area contributed by atoms with Crippen LogP contribution in [0.15, 0.2) is 45.8 Å². The Bertz CT molecular complexity index is 1280. The number of benzene rings is 1. The topological polar surface area (TPSA) is 102 Å². The van der Waals surface area contributed by atoms with Crippen molar-refractivity contribution in [3.05, 3.63) is 69.8 Å². The predicted octanol–water partition coefficient (Wildman–Crippen LogP) is 3.75. The van der Waals surface area contributed by atoms with Crippen molar-refractivity contribution in [3.8, 4) is 0 Å². The molecule has 0 spiro atoms. The van der Waals surface area contributed by atoms with E-state index in [9.17, 15) is 14.0 Å². The van der Waals surface area contributed by atoms with E-state index in [0.29, 0.717) is 39.2 Å². The number of nitrogens with zero attached hydrogens (tertiary/aromatic N) is 3. The minimum Gasteiger partial charge on any atom is -0.469 e. The predicted molar refractivity (Wildman–Crippen MR) is 108 cm³/mol. The zero-order valence-electron chi connectivity index (χ0n) is 15.5. The summed E-state index contributed by atoms with van der Waals surface area (Å²) in [5.41, 5.74) is 1.25. The summed E-state index contributed by atoms with van der Waals surface area (Å²) in [4.78, 5) is 29.3. The summed E-state index contributed by atoms with van der Waals surface area (Å²) in [6.45, 7) is 3.56. The summed E-state index contributed by atoms with van der Waals surface area (Å²) < 4.78 is 20.5. The van der Waals surface area contributed by atoms with Gasteiger partial charge in [-0.2, -0.15) is 4.52 Å². The highest BCUT2D eigenvalue weighted by Gasteiger charge is 2.15. The van der Waals surface area contributed by atoms with Gasteiger partial charge in [-0.3, -0.25) is 9.59 Å². The summed E-state index contributed by atoms with van der Waals surface area (Å²) in [6, 6.07) is 7.14. The second-order valence-electron chi connectivity index (χ2n) is 6.21. The van der Waals surface area contributed by atoms with Crippen molar-refractivity contribution in [1.29, 1.82) is 0 Å². The van der Waals surface area contributed by atoms with Gasteiger partial charge in [0.1, 0.15) is 11.6 Å². The molecule has 0 bridgehead atoms. The molecule has 4 aromatic rings. The summed E-state index contributed by atoms with van der Waals surface area (Å²) >= 11 is 1.20.